The molecule has 194 valence electrons. The Morgan fingerprint density at radius 2 is 1.50 bits per heavy atom. The number of amides is 1. The molecule has 38 heavy (non-hydrogen) atoms. The van der Waals surface area contributed by atoms with Crippen molar-refractivity contribution in [2.24, 2.45) is 0 Å². The minimum absolute atomic E-state index is 0.0240. The number of carbonyl (C=O) groups is 1. The summed E-state index contributed by atoms with van der Waals surface area (Å²) < 4.78 is 61.4. The molecule has 0 spiro atoms. The molecule has 0 aliphatic carbocycles. The molecule has 3 aromatic carbocycles. The van der Waals surface area contributed by atoms with Gasteiger partial charge in [0.05, 0.1) is 22.0 Å². The Kier molecular flexibility index (Phi) is 6.74. The lowest BCUT2D eigenvalue weighted by Gasteiger charge is -2.34. The average Bonchev–Trinajstić information content (AvgIpc) is 2.93. The first-order valence-corrected chi connectivity index (χ1v) is 14.3. The van der Waals surface area contributed by atoms with Crippen molar-refractivity contribution < 1.29 is 26.4 Å². The first-order valence-electron chi connectivity index (χ1n) is 11.4. The van der Waals surface area contributed by atoms with Gasteiger partial charge in [-0.15, -0.1) is 0 Å². The summed E-state index contributed by atoms with van der Waals surface area (Å²) in [4.78, 5) is 17.1. The SMILES string of the molecule is O=C(Nc1ccc(S(=O)(=O)Nc2ccccn2)cc1)[C@H]1CN(S(=O)(=O)c2ccccc2)c2ccccc2O1. The van der Waals surface area contributed by atoms with E-state index in [2.05, 4.69) is 15.0 Å². The number of nitrogens with zero attached hydrogens (tertiary/aromatic N) is 2. The number of ether oxygens (including phenoxy) is 1. The van der Waals surface area contributed by atoms with E-state index in [-0.39, 0.29) is 27.9 Å². The lowest BCUT2D eigenvalue weighted by Crippen LogP contribution is -2.48. The summed E-state index contributed by atoms with van der Waals surface area (Å²) in [7, 11) is -7.85. The van der Waals surface area contributed by atoms with E-state index in [9.17, 15) is 21.6 Å². The minimum Gasteiger partial charge on any atom is -0.476 e. The molecule has 0 fully saturated rings. The van der Waals surface area contributed by atoms with Gasteiger partial charge >= 0.3 is 0 Å². The number of sulfonamides is 2. The molecular weight excluding hydrogens is 528 g/mol. The van der Waals surface area contributed by atoms with Crippen LogP contribution in [-0.4, -0.2) is 40.4 Å². The Hall–Kier alpha value is -4.42. The summed E-state index contributed by atoms with van der Waals surface area (Å²) in [5.41, 5.74) is 0.641. The van der Waals surface area contributed by atoms with Crippen LogP contribution in [0.25, 0.3) is 0 Å². The zero-order valence-corrected chi connectivity index (χ0v) is 21.4. The van der Waals surface area contributed by atoms with Crippen LogP contribution in [0.3, 0.4) is 0 Å². The van der Waals surface area contributed by atoms with Gasteiger partial charge in [-0.3, -0.25) is 13.8 Å². The van der Waals surface area contributed by atoms with Gasteiger partial charge in [0.25, 0.3) is 26.0 Å². The fraction of sp³-hybridized carbons (Fsp3) is 0.0769. The van der Waals surface area contributed by atoms with E-state index in [1.807, 2.05) is 0 Å². The summed E-state index contributed by atoms with van der Waals surface area (Å²) >= 11 is 0. The van der Waals surface area contributed by atoms with Gasteiger partial charge in [0.2, 0.25) is 0 Å². The molecule has 0 saturated carbocycles. The molecule has 0 bridgehead atoms. The molecule has 2 N–H and O–H groups in total. The van der Waals surface area contributed by atoms with Crippen molar-refractivity contribution in [3.05, 3.63) is 103 Å². The third-order valence-electron chi connectivity index (χ3n) is 5.69. The molecule has 1 aliphatic rings. The van der Waals surface area contributed by atoms with Crippen molar-refractivity contribution in [1.29, 1.82) is 0 Å². The van der Waals surface area contributed by atoms with Gasteiger partial charge in [-0.1, -0.05) is 36.4 Å². The van der Waals surface area contributed by atoms with E-state index >= 15 is 0 Å². The van der Waals surface area contributed by atoms with Crippen LogP contribution in [0.5, 0.6) is 5.75 Å². The maximum absolute atomic E-state index is 13.4. The Bertz CT molecular complexity index is 1660. The number of hydrogen-bond acceptors (Lipinski definition) is 7. The van der Waals surface area contributed by atoms with Gasteiger partial charge < -0.3 is 10.1 Å². The van der Waals surface area contributed by atoms with Crippen LogP contribution < -0.4 is 19.1 Å². The Morgan fingerprint density at radius 1 is 0.816 bits per heavy atom. The normalized spacial score (nSPS) is 15.2. The number of hydrogen-bond donors (Lipinski definition) is 2. The number of benzene rings is 3. The van der Waals surface area contributed by atoms with Crippen molar-refractivity contribution in [1.82, 2.24) is 4.98 Å². The highest BCUT2D eigenvalue weighted by Gasteiger charge is 2.37. The van der Waals surface area contributed by atoms with Gasteiger partial charge in [-0.25, -0.2) is 21.8 Å². The Labute approximate surface area is 220 Å². The minimum atomic E-state index is -3.97. The fourth-order valence-corrected chi connectivity index (χ4v) is 6.35. The lowest BCUT2D eigenvalue weighted by molar-refractivity contribution is -0.122. The first-order chi connectivity index (χ1) is 18.2. The van der Waals surface area contributed by atoms with E-state index in [4.69, 9.17) is 4.74 Å². The number of aromatic nitrogens is 1. The number of pyridine rings is 1. The number of nitrogens with one attached hydrogen (secondary N) is 2. The van der Waals surface area contributed by atoms with Gasteiger partial charge in [-0.05, 0) is 60.7 Å². The van der Waals surface area contributed by atoms with Crippen LogP contribution in [0, 0.1) is 0 Å². The van der Waals surface area contributed by atoms with E-state index < -0.39 is 32.1 Å². The van der Waals surface area contributed by atoms with Crippen molar-refractivity contribution in [2.75, 3.05) is 20.9 Å². The quantitative estimate of drug-likeness (QED) is 0.360. The number of para-hydroxylation sites is 2. The number of anilines is 3. The van der Waals surface area contributed by atoms with Crippen molar-refractivity contribution >= 4 is 43.1 Å². The fourth-order valence-electron chi connectivity index (χ4n) is 3.85. The third-order valence-corrected chi connectivity index (χ3v) is 8.86. The molecule has 10 nitrogen and oxygen atoms in total. The van der Waals surface area contributed by atoms with Crippen LogP contribution in [-0.2, 0) is 24.8 Å². The highest BCUT2D eigenvalue weighted by molar-refractivity contribution is 7.93. The second-order valence-electron chi connectivity index (χ2n) is 8.26. The Morgan fingerprint density at radius 3 is 2.21 bits per heavy atom. The molecule has 0 saturated heterocycles. The maximum Gasteiger partial charge on any atom is 0.267 e. The molecule has 1 amide bonds. The van der Waals surface area contributed by atoms with Crippen molar-refractivity contribution in [2.45, 2.75) is 15.9 Å². The molecule has 1 aromatic heterocycles. The summed E-state index contributed by atoms with van der Waals surface area (Å²) in [5, 5.41) is 2.67. The number of carbonyl (C=O) groups excluding carboxylic acids is 1. The van der Waals surface area contributed by atoms with E-state index in [0.717, 1.165) is 4.31 Å². The van der Waals surface area contributed by atoms with E-state index in [1.165, 1.54) is 48.7 Å². The van der Waals surface area contributed by atoms with E-state index in [1.54, 1.807) is 54.6 Å². The predicted molar refractivity (Wildman–Crippen MR) is 142 cm³/mol. The predicted octanol–water partition coefficient (Wildman–Crippen LogP) is 3.48. The van der Waals surface area contributed by atoms with Gasteiger partial charge in [0, 0.05) is 11.9 Å². The molecule has 0 radical (unpaired) electrons. The summed E-state index contributed by atoms with van der Waals surface area (Å²) in [5.74, 6) is -0.162. The first kappa shape index (κ1) is 25.2. The molecule has 5 rings (SSSR count). The van der Waals surface area contributed by atoms with Crippen molar-refractivity contribution in [3.8, 4) is 5.75 Å². The van der Waals surface area contributed by atoms with Crippen LogP contribution in [0.4, 0.5) is 17.2 Å². The summed E-state index contributed by atoms with van der Waals surface area (Å²) in [6.45, 7) is -0.249. The van der Waals surface area contributed by atoms with Crippen LogP contribution in [0.2, 0.25) is 0 Å². The topological polar surface area (TPSA) is 135 Å². The number of fused-ring (bicyclic) bond motifs is 1. The van der Waals surface area contributed by atoms with Crippen molar-refractivity contribution in [3.63, 3.8) is 0 Å². The van der Waals surface area contributed by atoms with Gasteiger partial charge in [0.1, 0.15) is 11.6 Å². The second-order valence-corrected chi connectivity index (χ2v) is 11.8. The zero-order chi connectivity index (χ0) is 26.8. The van der Waals surface area contributed by atoms with Crippen LogP contribution in [0.15, 0.2) is 113 Å². The van der Waals surface area contributed by atoms with Crippen LogP contribution in [0.1, 0.15) is 0 Å². The molecule has 2 heterocycles. The second kappa shape index (κ2) is 10.1. The standard InChI is InChI=1S/C26H22N4O6S2/c31-26(28-19-13-15-20(16-14-19)37(32,33)29-25-12-6-7-17-27-25)24-18-30(22-10-4-5-11-23(22)36-24)38(34,35)21-8-2-1-3-9-21/h1-17,24H,18H2,(H,27,29)(H,28,31)/t24-/m1/s1. The van der Waals surface area contributed by atoms with Gasteiger partial charge in [0.15, 0.2) is 6.10 Å². The molecule has 1 aliphatic heterocycles. The monoisotopic (exact) mass is 550 g/mol. The van der Waals surface area contributed by atoms with E-state index in [0.29, 0.717) is 11.4 Å². The number of rotatable bonds is 7. The molecule has 4 aromatic rings. The molecule has 0 unspecified atom stereocenters. The largest absolute Gasteiger partial charge is 0.476 e. The smallest absolute Gasteiger partial charge is 0.267 e. The highest BCUT2D eigenvalue weighted by Crippen LogP contribution is 2.37. The molecule has 12 heteroatoms. The molecule has 1 atom stereocenters. The summed E-state index contributed by atoms with van der Waals surface area (Å²) in [6.07, 6.45) is 0.312. The lowest BCUT2D eigenvalue weighted by atomic mass is 10.2. The molecular formula is C26H22N4O6S2. The third kappa shape index (κ3) is 5.17. The zero-order valence-electron chi connectivity index (χ0n) is 19.8. The maximum atomic E-state index is 13.4. The van der Waals surface area contributed by atoms with Gasteiger partial charge in [-0.2, -0.15) is 0 Å². The Balaban J connectivity index is 1.34. The summed E-state index contributed by atoms with van der Waals surface area (Å²) in [6, 6.07) is 24.9. The van der Waals surface area contributed by atoms with Crippen LogP contribution >= 0.6 is 0 Å². The highest BCUT2D eigenvalue weighted by atomic mass is 32.2. The average molecular weight is 551 g/mol.